The predicted octanol–water partition coefficient (Wildman–Crippen LogP) is 2.88. The van der Waals surface area contributed by atoms with Gasteiger partial charge in [-0.1, -0.05) is 24.4 Å². The van der Waals surface area contributed by atoms with Crippen LogP contribution in [0.1, 0.15) is 31.2 Å². The van der Waals surface area contributed by atoms with Gasteiger partial charge in [0.15, 0.2) is 0 Å². The Hall–Kier alpha value is -0.770. The fourth-order valence-corrected chi connectivity index (χ4v) is 3.69. The van der Waals surface area contributed by atoms with E-state index in [4.69, 9.17) is 16.3 Å². The molecular formula is C16H22ClNO2. The maximum Gasteiger partial charge on any atom is 0.123 e. The number of ether oxygens (including phenoxy) is 1. The standard InChI is InChI=1S/C16H22ClNO2/c1-18(11-16(19)6-2-3-7-16)10-14-9-12-8-13(17)4-5-15(12)20-14/h4-5,8,14,19H,2-3,6-7,9-11H2,1H3. The van der Waals surface area contributed by atoms with Crippen molar-refractivity contribution in [2.45, 2.75) is 43.8 Å². The van der Waals surface area contributed by atoms with E-state index in [1.54, 1.807) is 0 Å². The largest absolute Gasteiger partial charge is 0.488 e. The van der Waals surface area contributed by atoms with Crippen molar-refractivity contribution >= 4 is 11.6 Å². The zero-order valence-electron chi connectivity index (χ0n) is 11.9. The van der Waals surface area contributed by atoms with Crippen LogP contribution in [0.3, 0.4) is 0 Å². The highest BCUT2D eigenvalue weighted by Gasteiger charge is 2.33. The first-order valence-electron chi connectivity index (χ1n) is 7.40. The number of rotatable bonds is 4. The Labute approximate surface area is 125 Å². The summed E-state index contributed by atoms with van der Waals surface area (Å²) in [6.45, 7) is 1.58. The molecule has 0 bridgehead atoms. The number of hydrogen-bond acceptors (Lipinski definition) is 3. The van der Waals surface area contributed by atoms with Crippen molar-refractivity contribution in [3.05, 3.63) is 28.8 Å². The van der Waals surface area contributed by atoms with Gasteiger partial charge in [-0.2, -0.15) is 0 Å². The van der Waals surface area contributed by atoms with Gasteiger partial charge in [-0.25, -0.2) is 0 Å². The van der Waals surface area contributed by atoms with Crippen molar-refractivity contribution in [1.82, 2.24) is 4.90 Å². The molecular weight excluding hydrogens is 274 g/mol. The van der Waals surface area contributed by atoms with Gasteiger partial charge < -0.3 is 9.84 Å². The van der Waals surface area contributed by atoms with E-state index >= 15 is 0 Å². The van der Waals surface area contributed by atoms with Crippen LogP contribution >= 0.6 is 11.6 Å². The summed E-state index contributed by atoms with van der Waals surface area (Å²) in [6.07, 6.45) is 5.22. The molecule has 3 nitrogen and oxygen atoms in total. The number of likely N-dealkylation sites (N-methyl/N-ethyl adjacent to an activating group) is 1. The molecule has 1 aromatic carbocycles. The molecule has 0 spiro atoms. The highest BCUT2D eigenvalue weighted by atomic mass is 35.5. The summed E-state index contributed by atoms with van der Waals surface area (Å²) in [5.74, 6) is 0.951. The summed E-state index contributed by atoms with van der Waals surface area (Å²) < 4.78 is 5.95. The first kappa shape index (κ1) is 14.2. The highest BCUT2D eigenvalue weighted by Crippen LogP contribution is 2.32. The van der Waals surface area contributed by atoms with Gasteiger partial charge in [-0.05, 0) is 43.7 Å². The van der Waals surface area contributed by atoms with E-state index in [0.29, 0.717) is 0 Å². The smallest absolute Gasteiger partial charge is 0.123 e. The molecule has 3 rings (SSSR count). The maximum atomic E-state index is 10.4. The van der Waals surface area contributed by atoms with E-state index in [2.05, 4.69) is 11.9 Å². The van der Waals surface area contributed by atoms with E-state index < -0.39 is 5.60 Å². The number of nitrogens with zero attached hydrogens (tertiary/aromatic N) is 1. The van der Waals surface area contributed by atoms with Crippen LogP contribution in [0.15, 0.2) is 18.2 Å². The van der Waals surface area contributed by atoms with Gasteiger partial charge in [0.1, 0.15) is 11.9 Å². The number of fused-ring (bicyclic) bond motifs is 1. The van der Waals surface area contributed by atoms with Crippen molar-refractivity contribution in [2.75, 3.05) is 20.1 Å². The van der Waals surface area contributed by atoms with E-state index in [1.807, 2.05) is 18.2 Å². The Morgan fingerprint density at radius 3 is 2.90 bits per heavy atom. The van der Waals surface area contributed by atoms with Crippen LogP contribution in [0.2, 0.25) is 5.02 Å². The quantitative estimate of drug-likeness (QED) is 0.927. The van der Waals surface area contributed by atoms with Gasteiger partial charge in [0.25, 0.3) is 0 Å². The third-order valence-corrected chi connectivity index (χ3v) is 4.61. The Kier molecular flexibility index (Phi) is 3.93. The lowest BCUT2D eigenvalue weighted by atomic mass is 10.0. The maximum absolute atomic E-state index is 10.4. The molecule has 2 aliphatic rings. The first-order chi connectivity index (χ1) is 9.54. The zero-order valence-corrected chi connectivity index (χ0v) is 12.7. The lowest BCUT2D eigenvalue weighted by Crippen LogP contribution is -2.42. The molecule has 1 aliphatic carbocycles. The molecule has 0 saturated heterocycles. The minimum Gasteiger partial charge on any atom is -0.488 e. The SMILES string of the molecule is CN(CC1Cc2cc(Cl)ccc2O1)CC1(O)CCCC1. The number of halogens is 1. The number of aliphatic hydroxyl groups is 1. The van der Waals surface area contributed by atoms with Crippen LogP contribution in [0.25, 0.3) is 0 Å². The monoisotopic (exact) mass is 295 g/mol. The van der Waals surface area contributed by atoms with Crippen LogP contribution in [-0.4, -0.2) is 41.8 Å². The van der Waals surface area contributed by atoms with Crippen molar-refractivity contribution in [2.24, 2.45) is 0 Å². The summed E-state index contributed by atoms with van der Waals surface area (Å²) in [5, 5.41) is 11.2. The van der Waals surface area contributed by atoms with E-state index in [-0.39, 0.29) is 6.10 Å². The minimum atomic E-state index is -0.483. The second kappa shape index (κ2) is 5.55. The van der Waals surface area contributed by atoms with Gasteiger partial charge in [0.05, 0.1) is 5.60 Å². The first-order valence-corrected chi connectivity index (χ1v) is 7.78. The lowest BCUT2D eigenvalue weighted by molar-refractivity contribution is 0.00896. The molecule has 1 fully saturated rings. The molecule has 20 heavy (non-hydrogen) atoms. The second-order valence-corrected chi connectivity index (χ2v) is 6.76. The predicted molar refractivity (Wildman–Crippen MR) is 80.5 cm³/mol. The molecule has 1 aromatic rings. The topological polar surface area (TPSA) is 32.7 Å². The van der Waals surface area contributed by atoms with Crippen LogP contribution in [0.5, 0.6) is 5.75 Å². The molecule has 1 atom stereocenters. The number of hydrogen-bond donors (Lipinski definition) is 1. The summed E-state index contributed by atoms with van der Waals surface area (Å²) in [6, 6.07) is 5.80. The van der Waals surface area contributed by atoms with Gasteiger partial charge in [0, 0.05) is 24.5 Å². The van der Waals surface area contributed by atoms with Gasteiger partial charge in [-0.15, -0.1) is 0 Å². The summed E-state index contributed by atoms with van der Waals surface area (Å²) in [4.78, 5) is 2.20. The van der Waals surface area contributed by atoms with Crippen LogP contribution in [-0.2, 0) is 6.42 Å². The zero-order chi connectivity index (χ0) is 14.2. The highest BCUT2D eigenvalue weighted by molar-refractivity contribution is 6.30. The van der Waals surface area contributed by atoms with Crippen molar-refractivity contribution < 1.29 is 9.84 Å². The molecule has 1 aliphatic heterocycles. The summed E-state index contributed by atoms with van der Waals surface area (Å²) in [7, 11) is 2.07. The summed E-state index contributed by atoms with van der Waals surface area (Å²) in [5.41, 5.74) is 0.708. The van der Waals surface area contributed by atoms with Crippen molar-refractivity contribution in [1.29, 1.82) is 0 Å². The molecule has 110 valence electrons. The molecule has 0 amide bonds. The second-order valence-electron chi connectivity index (χ2n) is 6.32. The van der Waals surface area contributed by atoms with E-state index in [1.165, 1.54) is 5.56 Å². The Balaban J connectivity index is 1.55. The van der Waals surface area contributed by atoms with Crippen LogP contribution < -0.4 is 4.74 Å². The fraction of sp³-hybridized carbons (Fsp3) is 0.625. The minimum absolute atomic E-state index is 0.165. The van der Waals surface area contributed by atoms with Crippen LogP contribution in [0, 0.1) is 0 Å². The fourth-order valence-electron chi connectivity index (χ4n) is 3.50. The molecule has 1 N–H and O–H groups in total. The Morgan fingerprint density at radius 2 is 2.15 bits per heavy atom. The third-order valence-electron chi connectivity index (χ3n) is 4.38. The average molecular weight is 296 g/mol. The molecule has 1 heterocycles. The number of benzene rings is 1. The average Bonchev–Trinajstić information content (AvgIpc) is 2.94. The summed E-state index contributed by atoms with van der Waals surface area (Å²) >= 11 is 6.01. The van der Waals surface area contributed by atoms with E-state index in [0.717, 1.165) is 56.0 Å². The Bertz CT molecular complexity index is 485. The third kappa shape index (κ3) is 3.11. The Morgan fingerprint density at radius 1 is 1.40 bits per heavy atom. The van der Waals surface area contributed by atoms with Crippen LogP contribution in [0.4, 0.5) is 0 Å². The molecule has 4 heteroatoms. The van der Waals surface area contributed by atoms with Crippen molar-refractivity contribution in [3.8, 4) is 5.75 Å². The molecule has 1 saturated carbocycles. The molecule has 1 unspecified atom stereocenters. The molecule has 0 radical (unpaired) electrons. The normalized spacial score (nSPS) is 23.9. The van der Waals surface area contributed by atoms with Gasteiger partial charge >= 0.3 is 0 Å². The van der Waals surface area contributed by atoms with Gasteiger partial charge in [-0.3, -0.25) is 4.90 Å². The van der Waals surface area contributed by atoms with Gasteiger partial charge in [0.2, 0.25) is 0 Å². The lowest BCUT2D eigenvalue weighted by Gasteiger charge is -2.29. The van der Waals surface area contributed by atoms with E-state index in [9.17, 15) is 5.11 Å². The molecule has 0 aromatic heterocycles. The van der Waals surface area contributed by atoms with Crippen molar-refractivity contribution in [3.63, 3.8) is 0 Å².